The zero-order valence-electron chi connectivity index (χ0n) is 12.0. The molecule has 3 heteroatoms. The zero-order chi connectivity index (χ0) is 12.5. The highest BCUT2D eigenvalue weighted by molar-refractivity contribution is 4.72. The molecule has 0 aromatic carbocycles. The van der Waals surface area contributed by atoms with Crippen LogP contribution in [0.5, 0.6) is 0 Å². The Balaban J connectivity index is 1.95. The first-order valence-electron chi connectivity index (χ1n) is 7.37. The van der Waals surface area contributed by atoms with E-state index in [1.807, 2.05) is 0 Å². The lowest BCUT2D eigenvalue weighted by Gasteiger charge is -2.34. The number of nitrogens with zero attached hydrogens (tertiary/aromatic N) is 2. The Hall–Kier alpha value is -0.120. The van der Waals surface area contributed by atoms with Crippen molar-refractivity contribution in [1.82, 2.24) is 15.1 Å². The lowest BCUT2D eigenvalue weighted by atomic mass is 10.1. The molecule has 1 heterocycles. The average Bonchev–Trinajstić information content (AvgIpc) is 2.31. The Labute approximate surface area is 108 Å². The van der Waals surface area contributed by atoms with E-state index in [1.165, 1.54) is 58.7 Å². The predicted octanol–water partition coefficient (Wildman–Crippen LogP) is 1.65. The molecule has 17 heavy (non-hydrogen) atoms. The summed E-state index contributed by atoms with van der Waals surface area (Å²) >= 11 is 0. The van der Waals surface area contributed by atoms with Crippen LogP contribution in [0.4, 0.5) is 0 Å². The van der Waals surface area contributed by atoms with Gasteiger partial charge in [-0.05, 0) is 31.8 Å². The maximum Gasteiger partial charge on any atom is 0.0110 e. The molecular formula is C14H31N3. The number of hydrogen-bond donors (Lipinski definition) is 1. The van der Waals surface area contributed by atoms with Crippen molar-refractivity contribution in [3.63, 3.8) is 0 Å². The fourth-order valence-electron chi connectivity index (χ4n) is 2.31. The Bertz CT molecular complexity index is 174. The topological polar surface area (TPSA) is 18.5 Å². The first kappa shape index (κ1) is 14.9. The zero-order valence-corrected chi connectivity index (χ0v) is 12.0. The van der Waals surface area contributed by atoms with Gasteiger partial charge in [0, 0.05) is 39.3 Å². The summed E-state index contributed by atoms with van der Waals surface area (Å²) < 4.78 is 0. The molecule has 0 radical (unpaired) electrons. The van der Waals surface area contributed by atoms with Crippen LogP contribution in [0.1, 0.15) is 33.6 Å². The molecule has 0 spiro atoms. The second-order valence-corrected chi connectivity index (χ2v) is 5.62. The van der Waals surface area contributed by atoms with E-state index in [2.05, 4.69) is 35.9 Å². The molecule has 1 rings (SSSR count). The van der Waals surface area contributed by atoms with Crippen LogP contribution in [0.2, 0.25) is 0 Å². The van der Waals surface area contributed by atoms with Crippen LogP contribution >= 0.6 is 0 Å². The lowest BCUT2D eigenvalue weighted by molar-refractivity contribution is 0.133. The highest BCUT2D eigenvalue weighted by Crippen LogP contribution is 2.01. The minimum atomic E-state index is 0.820. The largest absolute Gasteiger partial charge is 0.315 e. The van der Waals surface area contributed by atoms with Crippen molar-refractivity contribution in [2.45, 2.75) is 33.6 Å². The van der Waals surface area contributed by atoms with E-state index in [-0.39, 0.29) is 0 Å². The summed E-state index contributed by atoms with van der Waals surface area (Å²) in [5.41, 5.74) is 0. The van der Waals surface area contributed by atoms with Crippen LogP contribution in [0.25, 0.3) is 0 Å². The van der Waals surface area contributed by atoms with Crippen molar-refractivity contribution in [3.05, 3.63) is 0 Å². The molecule has 0 aliphatic carbocycles. The molecule has 1 N–H and O–H groups in total. The molecule has 1 saturated heterocycles. The molecule has 0 unspecified atom stereocenters. The fraction of sp³-hybridized carbons (Fsp3) is 1.00. The van der Waals surface area contributed by atoms with E-state index in [0.717, 1.165) is 12.5 Å². The van der Waals surface area contributed by atoms with Crippen LogP contribution in [0.3, 0.4) is 0 Å². The summed E-state index contributed by atoms with van der Waals surface area (Å²) in [5.74, 6) is 0.820. The molecule has 1 aliphatic heterocycles. The van der Waals surface area contributed by atoms with Gasteiger partial charge >= 0.3 is 0 Å². The maximum atomic E-state index is 3.55. The van der Waals surface area contributed by atoms with Gasteiger partial charge in [0.05, 0.1) is 0 Å². The first-order valence-corrected chi connectivity index (χ1v) is 7.37. The van der Waals surface area contributed by atoms with Gasteiger partial charge < -0.3 is 10.2 Å². The third-order valence-electron chi connectivity index (χ3n) is 3.51. The predicted molar refractivity (Wildman–Crippen MR) is 75.5 cm³/mol. The van der Waals surface area contributed by atoms with E-state index in [9.17, 15) is 0 Å². The molecule has 1 fully saturated rings. The van der Waals surface area contributed by atoms with Crippen molar-refractivity contribution in [3.8, 4) is 0 Å². The van der Waals surface area contributed by atoms with E-state index in [0.29, 0.717) is 0 Å². The van der Waals surface area contributed by atoms with E-state index in [1.54, 1.807) is 0 Å². The monoisotopic (exact) mass is 241 g/mol. The lowest BCUT2D eigenvalue weighted by Crippen LogP contribution is -2.48. The maximum absolute atomic E-state index is 3.55. The van der Waals surface area contributed by atoms with Gasteiger partial charge in [0.2, 0.25) is 0 Å². The Morgan fingerprint density at radius 2 is 1.53 bits per heavy atom. The molecule has 0 aromatic rings. The standard InChI is InChI=1S/C14H31N3/c1-4-8-16-10-12-17(13-11-16)9-7-15-6-5-14(2)3/h14-15H,4-13H2,1-3H3. The van der Waals surface area contributed by atoms with Crippen molar-refractivity contribution < 1.29 is 0 Å². The van der Waals surface area contributed by atoms with Gasteiger partial charge in [0.25, 0.3) is 0 Å². The van der Waals surface area contributed by atoms with Gasteiger partial charge in [-0.1, -0.05) is 20.8 Å². The first-order chi connectivity index (χ1) is 8.22. The molecule has 0 amide bonds. The molecule has 102 valence electrons. The van der Waals surface area contributed by atoms with Crippen LogP contribution in [-0.2, 0) is 0 Å². The minimum Gasteiger partial charge on any atom is -0.315 e. The van der Waals surface area contributed by atoms with Crippen LogP contribution in [0, 0.1) is 5.92 Å². The van der Waals surface area contributed by atoms with Gasteiger partial charge in [-0.25, -0.2) is 0 Å². The Morgan fingerprint density at radius 1 is 0.941 bits per heavy atom. The van der Waals surface area contributed by atoms with Gasteiger partial charge in [-0.2, -0.15) is 0 Å². The van der Waals surface area contributed by atoms with Crippen LogP contribution < -0.4 is 5.32 Å². The summed E-state index contributed by atoms with van der Waals surface area (Å²) in [7, 11) is 0. The van der Waals surface area contributed by atoms with Gasteiger partial charge in [0.1, 0.15) is 0 Å². The normalized spacial score (nSPS) is 19.1. The Kier molecular flexibility index (Phi) is 7.82. The highest BCUT2D eigenvalue weighted by atomic mass is 15.3. The van der Waals surface area contributed by atoms with Crippen molar-refractivity contribution in [2.75, 3.05) is 52.4 Å². The van der Waals surface area contributed by atoms with Gasteiger partial charge in [0.15, 0.2) is 0 Å². The van der Waals surface area contributed by atoms with Crippen molar-refractivity contribution in [2.24, 2.45) is 5.92 Å². The quantitative estimate of drug-likeness (QED) is 0.652. The summed E-state index contributed by atoms with van der Waals surface area (Å²) in [4.78, 5) is 5.18. The van der Waals surface area contributed by atoms with Gasteiger partial charge in [-0.15, -0.1) is 0 Å². The summed E-state index contributed by atoms with van der Waals surface area (Å²) in [6, 6.07) is 0. The van der Waals surface area contributed by atoms with Crippen LogP contribution in [0.15, 0.2) is 0 Å². The number of piperazine rings is 1. The highest BCUT2D eigenvalue weighted by Gasteiger charge is 2.14. The number of rotatable bonds is 8. The van der Waals surface area contributed by atoms with E-state index >= 15 is 0 Å². The second-order valence-electron chi connectivity index (χ2n) is 5.62. The summed E-state index contributed by atoms with van der Waals surface area (Å²) in [6.45, 7) is 16.7. The fourth-order valence-corrected chi connectivity index (χ4v) is 2.31. The van der Waals surface area contributed by atoms with Crippen molar-refractivity contribution >= 4 is 0 Å². The molecule has 3 nitrogen and oxygen atoms in total. The van der Waals surface area contributed by atoms with E-state index < -0.39 is 0 Å². The minimum absolute atomic E-state index is 0.820. The smallest absolute Gasteiger partial charge is 0.0110 e. The Morgan fingerprint density at radius 3 is 2.06 bits per heavy atom. The molecule has 0 atom stereocenters. The summed E-state index contributed by atoms with van der Waals surface area (Å²) in [5, 5.41) is 3.55. The third kappa shape index (κ3) is 7.02. The molecule has 1 aliphatic rings. The number of nitrogens with one attached hydrogen (secondary N) is 1. The third-order valence-corrected chi connectivity index (χ3v) is 3.51. The van der Waals surface area contributed by atoms with Crippen LogP contribution in [-0.4, -0.2) is 62.2 Å². The molecule has 0 aromatic heterocycles. The molecular weight excluding hydrogens is 210 g/mol. The SMILES string of the molecule is CCCN1CCN(CCNCCC(C)C)CC1. The number of hydrogen-bond acceptors (Lipinski definition) is 3. The molecule has 0 saturated carbocycles. The average molecular weight is 241 g/mol. The second kappa shape index (κ2) is 8.90. The summed E-state index contributed by atoms with van der Waals surface area (Å²) in [6.07, 6.45) is 2.58. The van der Waals surface area contributed by atoms with E-state index in [4.69, 9.17) is 0 Å². The van der Waals surface area contributed by atoms with Gasteiger partial charge in [-0.3, -0.25) is 4.90 Å². The van der Waals surface area contributed by atoms with Crippen molar-refractivity contribution in [1.29, 1.82) is 0 Å². The molecule has 0 bridgehead atoms.